The van der Waals surface area contributed by atoms with Gasteiger partial charge in [0.2, 0.25) is 0 Å². The molecule has 0 aliphatic rings. The zero-order chi connectivity index (χ0) is 23.9. The van der Waals surface area contributed by atoms with Crippen molar-refractivity contribution in [2.24, 2.45) is 0 Å². The van der Waals surface area contributed by atoms with Crippen molar-refractivity contribution in [2.45, 2.75) is 0 Å². The summed E-state index contributed by atoms with van der Waals surface area (Å²) < 4.78 is 2.63. The summed E-state index contributed by atoms with van der Waals surface area (Å²) in [6.07, 6.45) is 0. The van der Waals surface area contributed by atoms with Crippen LogP contribution >= 0.6 is 11.3 Å². The van der Waals surface area contributed by atoms with Gasteiger partial charge in [-0.25, -0.2) is 0 Å². The number of fused-ring (bicyclic) bond motifs is 5. The van der Waals surface area contributed by atoms with E-state index in [1.807, 2.05) is 11.3 Å². The number of nitrogens with zero attached hydrogens (tertiary/aromatic N) is 1. The topological polar surface area (TPSA) is 3.24 Å². The Labute approximate surface area is 214 Å². The second-order valence-corrected chi connectivity index (χ2v) is 10.1. The van der Waals surface area contributed by atoms with Crippen molar-refractivity contribution in [3.05, 3.63) is 140 Å². The van der Waals surface area contributed by atoms with Gasteiger partial charge in [0.05, 0.1) is 5.69 Å². The molecule has 0 aliphatic heterocycles. The van der Waals surface area contributed by atoms with E-state index >= 15 is 0 Å². The van der Waals surface area contributed by atoms with Gasteiger partial charge in [0.25, 0.3) is 0 Å². The van der Waals surface area contributed by atoms with Crippen molar-refractivity contribution in [1.82, 2.24) is 0 Å². The molecule has 0 amide bonds. The minimum Gasteiger partial charge on any atom is -0.310 e. The number of anilines is 3. The molecule has 0 radical (unpaired) electrons. The number of para-hydroxylation sites is 2. The predicted molar refractivity (Wildman–Crippen MR) is 157 cm³/mol. The maximum Gasteiger partial charge on any atom is 0.0540 e. The van der Waals surface area contributed by atoms with E-state index in [1.165, 1.54) is 47.8 Å². The van der Waals surface area contributed by atoms with Gasteiger partial charge in [0.1, 0.15) is 0 Å². The molecule has 0 saturated carbocycles. The Balaban J connectivity index is 1.47. The molecule has 0 aliphatic carbocycles. The molecule has 0 bridgehead atoms. The molecule has 7 aromatic rings. The molecular formula is C34H23NS. The van der Waals surface area contributed by atoms with Crippen molar-refractivity contribution in [3.8, 4) is 11.1 Å². The molecule has 1 nitrogen and oxygen atoms in total. The summed E-state index contributed by atoms with van der Waals surface area (Å²) in [6.45, 7) is 0. The Morgan fingerprint density at radius 1 is 0.472 bits per heavy atom. The van der Waals surface area contributed by atoms with Crippen molar-refractivity contribution in [3.63, 3.8) is 0 Å². The van der Waals surface area contributed by atoms with Gasteiger partial charge in [0, 0.05) is 37.1 Å². The van der Waals surface area contributed by atoms with Crippen LogP contribution in [-0.2, 0) is 0 Å². The van der Waals surface area contributed by atoms with Crippen LogP contribution in [0.1, 0.15) is 0 Å². The second kappa shape index (κ2) is 8.67. The summed E-state index contributed by atoms with van der Waals surface area (Å²) in [7, 11) is 0. The quantitative estimate of drug-likeness (QED) is 0.244. The molecule has 0 atom stereocenters. The predicted octanol–water partition coefficient (Wildman–Crippen LogP) is 10.3. The lowest BCUT2D eigenvalue weighted by molar-refractivity contribution is 1.29. The lowest BCUT2D eigenvalue weighted by Crippen LogP contribution is -2.10. The summed E-state index contributed by atoms with van der Waals surface area (Å²) in [5, 5.41) is 5.29. The number of hydrogen-bond acceptors (Lipinski definition) is 2. The molecule has 0 unspecified atom stereocenters. The average Bonchev–Trinajstić information content (AvgIpc) is 3.33. The normalized spacial score (nSPS) is 11.3. The van der Waals surface area contributed by atoms with E-state index in [4.69, 9.17) is 0 Å². The molecule has 2 heteroatoms. The Kier molecular flexibility index (Phi) is 5.04. The van der Waals surface area contributed by atoms with Crippen molar-refractivity contribution >= 4 is 59.3 Å². The molecule has 36 heavy (non-hydrogen) atoms. The highest BCUT2D eigenvalue weighted by Gasteiger charge is 2.18. The van der Waals surface area contributed by atoms with Gasteiger partial charge >= 0.3 is 0 Å². The fraction of sp³-hybridized carbons (Fsp3) is 0. The van der Waals surface area contributed by atoms with Crippen LogP contribution in [0.4, 0.5) is 17.1 Å². The van der Waals surface area contributed by atoms with E-state index in [-0.39, 0.29) is 0 Å². The lowest BCUT2D eigenvalue weighted by atomic mass is 10.0. The van der Waals surface area contributed by atoms with Gasteiger partial charge in [-0.05, 0) is 52.7 Å². The van der Waals surface area contributed by atoms with Crippen LogP contribution in [0.25, 0.3) is 42.1 Å². The van der Waals surface area contributed by atoms with Crippen molar-refractivity contribution in [2.75, 3.05) is 4.90 Å². The maximum atomic E-state index is 2.38. The summed E-state index contributed by atoms with van der Waals surface area (Å²) in [6, 6.07) is 50.1. The van der Waals surface area contributed by atoms with Gasteiger partial charge < -0.3 is 4.90 Å². The number of rotatable bonds is 4. The average molecular weight is 478 g/mol. The number of hydrogen-bond donors (Lipinski definition) is 0. The van der Waals surface area contributed by atoms with Gasteiger partial charge in [0.15, 0.2) is 0 Å². The summed E-state index contributed by atoms with van der Waals surface area (Å²) >= 11 is 1.87. The highest BCUT2D eigenvalue weighted by Crippen LogP contribution is 2.44. The molecule has 1 aromatic heterocycles. The molecule has 1 heterocycles. The fourth-order valence-corrected chi connectivity index (χ4v) is 6.36. The van der Waals surface area contributed by atoms with E-state index in [1.54, 1.807) is 0 Å². The van der Waals surface area contributed by atoms with E-state index in [0.717, 1.165) is 11.4 Å². The van der Waals surface area contributed by atoms with E-state index in [0.29, 0.717) is 0 Å². The third kappa shape index (κ3) is 3.46. The lowest BCUT2D eigenvalue weighted by Gasteiger charge is -2.28. The van der Waals surface area contributed by atoms with Crippen molar-refractivity contribution in [1.29, 1.82) is 0 Å². The molecule has 0 fully saturated rings. The summed E-state index contributed by atoms with van der Waals surface area (Å²) in [5.74, 6) is 0. The van der Waals surface area contributed by atoms with E-state index < -0.39 is 0 Å². The van der Waals surface area contributed by atoms with Crippen LogP contribution in [0.2, 0.25) is 0 Å². The monoisotopic (exact) mass is 477 g/mol. The first kappa shape index (κ1) is 20.9. The summed E-state index contributed by atoms with van der Waals surface area (Å²) in [5.41, 5.74) is 5.90. The summed E-state index contributed by atoms with van der Waals surface area (Å²) in [4.78, 5) is 2.38. The molecule has 0 spiro atoms. The van der Waals surface area contributed by atoms with Crippen LogP contribution in [0, 0.1) is 0 Å². The molecule has 6 aromatic carbocycles. The molecule has 170 valence electrons. The highest BCUT2D eigenvalue weighted by atomic mass is 32.1. The number of benzene rings is 6. The Morgan fingerprint density at radius 3 is 2.06 bits per heavy atom. The van der Waals surface area contributed by atoms with Gasteiger partial charge in [-0.3, -0.25) is 0 Å². The molecule has 7 rings (SSSR count). The zero-order valence-electron chi connectivity index (χ0n) is 19.6. The zero-order valence-corrected chi connectivity index (χ0v) is 20.5. The van der Waals surface area contributed by atoms with Crippen LogP contribution in [0.5, 0.6) is 0 Å². The first-order valence-corrected chi connectivity index (χ1v) is 13.0. The second-order valence-electron chi connectivity index (χ2n) is 9.00. The first-order valence-electron chi connectivity index (χ1n) is 12.2. The highest BCUT2D eigenvalue weighted by molar-refractivity contribution is 7.26. The Morgan fingerprint density at radius 2 is 1.19 bits per heavy atom. The number of thiophene rings is 1. The van der Waals surface area contributed by atoms with Gasteiger partial charge in [-0.2, -0.15) is 0 Å². The van der Waals surface area contributed by atoms with Crippen LogP contribution < -0.4 is 4.90 Å². The van der Waals surface area contributed by atoms with E-state index in [2.05, 4.69) is 144 Å². The smallest absolute Gasteiger partial charge is 0.0540 e. The van der Waals surface area contributed by atoms with Crippen LogP contribution in [0.15, 0.2) is 140 Å². The minimum atomic E-state index is 1.15. The Hall–Kier alpha value is -4.40. The largest absolute Gasteiger partial charge is 0.310 e. The SMILES string of the molecule is c1ccc(-c2ccccc2N(c2ccccc2)c2ccc3c(c2)sc2ccc4ccccc4c23)cc1. The van der Waals surface area contributed by atoms with Gasteiger partial charge in [-0.1, -0.05) is 103 Å². The van der Waals surface area contributed by atoms with Gasteiger partial charge in [-0.15, -0.1) is 11.3 Å². The Bertz CT molecular complexity index is 1830. The first-order chi connectivity index (χ1) is 17.9. The molecular weight excluding hydrogens is 454 g/mol. The third-order valence-electron chi connectivity index (χ3n) is 6.85. The maximum absolute atomic E-state index is 2.38. The molecule has 0 N–H and O–H groups in total. The molecule has 0 saturated heterocycles. The van der Waals surface area contributed by atoms with Crippen molar-refractivity contribution < 1.29 is 0 Å². The standard InChI is InChI=1S/C34H23NS/c1-3-11-24(12-4-1)28-16-9-10-18-31(28)35(26-14-5-2-6-15-26)27-20-21-30-33(23-27)36-32-22-19-25-13-7-8-17-29(25)34(30)32/h1-23H. The fourth-order valence-electron chi connectivity index (χ4n) is 5.21. The van der Waals surface area contributed by atoms with Crippen LogP contribution in [0.3, 0.4) is 0 Å². The third-order valence-corrected chi connectivity index (χ3v) is 7.97. The minimum absolute atomic E-state index is 1.15. The van der Waals surface area contributed by atoms with Crippen LogP contribution in [-0.4, -0.2) is 0 Å². The van der Waals surface area contributed by atoms with E-state index in [9.17, 15) is 0 Å².